The predicted molar refractivity (Wildman–Crippen MR) is 80.1 cm³/mol. The van der Waals surface area contributed by atoms with Crippen molar-refractivity contribution in [2.24, 2.45) is 0 Å². The molecule has 1 saturated heterocycles. The van der Waals surface area contributed by atoms with Gasteiger partial charge in [-0.2, -0.15) is 0 Å². The maximum absolute atomic E-state index is 12.6. The van der Waals surface area contributed by atoms with Crippen LogP contribution >= 0.6 is 11.3 Å². The van der Waals surface area contributed by atoms with Crippen LogP contribution in [0.2, 0.25) is 0 Å². The fraction of sp³-hybridized carbons (Fsp3) is 0.500. The molecule has 3 amide bonds. The van der Waals surface area contributed by atoms with Gasteiger partial charge in [-0.05, 0) is 25.3 Å². The third-order valence-corrected chi connectivity index (χ3v) is 4.17. The van der Waals surface area contributed by atoms with Gasteiger partial charge in [0.05, 0.1) is 4.88 Å². The molecule has 0 atom stereocenters. The smallest absolute Gasteiger partial charge is 0.262 e. The highest BCUT2D eigenvalue weighted by Gasteiger charge is 2.34. The van der Waals surface area contributed by atoms with E-state index in [4.69, 9.17) is 0 Å². The molecule has 2 N–H and O–H groups in total. The van der Waals surface area contributed by atoms with Crippen LogP contribution in [0.1, 0.15) is 29.9 Å². The summed E-state index contributed by atoms with van der Waals surface area (Å²) in [4.78, 5) is 38.2. The van der Waals surface area contributed by atoms with Crippen LogP contribution in [0.25, 0.3) is 0 Å². The van der Waals surface area contributed by atoms with Gasteiger partial charge in [0, 0.05) is 26.1 Å². The summed E-state index contributed by atoms with van der Waals surface area (Å²) in [6, 6.07) is 3.51. The molecule has 7 heteroatoms. The molecule has 114 valence electrons. The molecule has 0 bridgehead atoms. The van der Waals surface area contributed by atoms with Crippen molar-refractivity contribution < 1.29 is 14.4 Å². The third-order valence-electron chi connectivity index (χ3n) is 3.31. The molecule has 2 heterocycles. The largest absolute Gasteiger partial charge is 0.354 e. The Kier molecular flexibility index (Phi) is 4.62. The minimum Gasteiger partial charge on any atom is -0.354 e. The topological polar surface area (TPSA) is 78.5 Å². The average molecular weight is 309 g/mol. The second-order valence-electron chi connectivity index (χ2n) is 5.45. The monoisotopic (exact) mass is 309 g/mol. The van der Waals surface area contributed by atoms with Gasteiger partial charge in [0.2, 0.25) is 11.8 Å². The Morgan fingerprint density at radius 1 is 1.38 bits per heavy atom. The molecular weight excluding hydrogens is 290 g/mol. The summed E-state index contributed by atoms with van der Waals surface area (Å²) < 4.78 is 0. The lowest BCUT2D eigenvalue weighted by molar-refractivity contribution is -0.136. The molecule has 1 aliphatic rings. The van der Waals surface area contributed by atoms with E-state index in [2.05, 4.69) is 10.6 Å². The molecular formula is C14H19N3O3S. The summed E-state index contributed by atoms with van der Waals surface area (Å²) in [7, 11) is 0. The van der Waals surface area contributed by atoms with E-state index in [-0.39, 0.29) is 17.7 Å². The minimum atomic E-state index is -1.01. The van der Waals surface area contributed by atoms with Crippen molar-refractivity contribution in [1.29, 1.82) is 0 Å². The van der Waals surface area contributed by atoms with E-state index < -0.39 is 5.54 Å². The SMILES string of the molecule is CC(C)(NC(=O)c1cccs1)C(=O)N1CCNC(=O)CC1. The van der Waals surface area contributed by atoms with Gasteiger partial charge in [-0.25, -0.2) is 0 Å². The molecule has 21 heavy (non-hydrogen) atoms. The molecule has 0 saturated carbocycles. The number of amides is 3. The molecule has 0 aromatic carbocycles. The van der Waals surface area contributed by atoms with Crippen LogP contribution in [0.4, 0.5) is 0 Å². The predicted octanol–water partition coefficient (Wildman–Crippen LogP) is 0.605. The third kappa shape index (κ3) is 3.81. The Labute approximate surface area is 127 Å². The molecule has 1 fully saturated rings. The molecule has 1 aromatic rings. The maximum atomic E-state index is 12.6. The minimum absolute atomic E-state index is 0.0503. The van der Waals surface area contributed by atoms with Crippen LogP contribution in [0.15, 0.2) is 17.5 Å². The Morgan fingerprint density at radius 3 is 2.81 bits per heavy atom. The first kappa shape index (κ1) is 15.5. The first-order chi connectivity index (χ1) is 9.90. The summed E-state index contributed by atoms with van der Waals surface area (Å²) in [6.45, 7) is 4.65. The van der Waals surface area contributed by atoms with Gasteiger partial charge in [0.1, 0.15) is 5.54 Å². The molecule has 1 aliphatic heterocycles. The lowest BCUT2D eigenvalue weighted by Crippen LogP contribution is -2.56. The van der Waals surface area contributed by atoms with Crippen molar-refractivity contribution in [2.45, 2.75) is 25.8 Å². The Hall–Kier alpha value is -1.89. The van der Waals surface area contributed by atoms with Crippen molar-refractivity contribution in [2.75, 3.05) is 19.6 Å². The van der Waals surface area contributed by atoms with Crippen molar-refractivity contribution >= 4 is 29.1 Å². The second kappa shape index (κ2) is 6.26. The number of hydrogen-bond donors (Lipinski definition) is 2. The standard InChI is InChI=1S/C14H19N3O3S/c1-14(2,16-12(19)10-4-3-9-21-10)13(20)17-7-5-11(18)15-6-8-17/h3-4,9H,5-8H2,1-2H3,(H,15,18)(H,16,19). The van der Waals surface area contributed by atoms with Gasteiger partial charge < -0.3 is 15.5 Å². The van der Waals surface area contributed by atoms with E-state index in [1.54, 1.807) is 30.9 Å². The van der Waals surface area contributed by atoms with E-state index >= 15 is 0 Å². The summed E-state index contributed by atoms with van der Waals surface area (Å²) in [6.07, 6.45) is 0.292. The molecule has 6 nitrogen and oxygen atoms in total. The lowest BCUT2D eigenvalue weighted by Gasteiger charge is -2.31. The number of carbonyl (C=O) groups excluding carboxylic acids is 3. The summed E-state index contributed by atoms with van der Waals surface area (Å²) >= 11 is 1.33. The van der Waals surface area contributed by atoms with Gasteiger partial charge in [-0.15, -0.1) is 11.3 Å². The molecule has 0 aliphatic carbocycles. The molecule has 1 aromatic heterocycles. The molecule has 0 unspecified atom stereocenters. The van der Waals surface area contributed by atoms with Gasteiger partial charge in [-0.3, -0.25) is 14.4 Å². The van der Waals surface area contributed by atoms with E-state index in [0.29, 0.717) is 30.9 Å². The number of thiophene rings is 1. The van der Waals surface area contributed by atoms with Crippen LogP contribution in [0.3, 0.4) is 0 Å². The number of nitrogens with zero attached hydrogens (tertiary/aromatic N) is 1. The van der Waals surface area contributed by atoms with Gasteiger partial charge >= 0.3 is 0 Å². The quantitative estimate of drug-likeness (QED) is 0.858. The van der Waals surface area contributed by atoms with E-state index in [1.165, 1.54) is 11.3 Å². The highest BCUT2D eigenvalue weighted by Crippen LogP contribution is 2.14. The zero-order chi connectivity index (χ0) is 15.5. The first-order valence-electron chi connectivity index (χ1n) is 6.82. The first-order valence-corrected chi connectivity index (χ1v) is 7.70. The Bertz CT molecular complexity index is 540. The van der Waals surface area contributed by atoms with Gasteiger partial charge in [-0.1, -0.05) is 6.07 Å². The van der Waals surface area contributed by atoms with E-state index in [0.717, 1.165) is 0 Å². The Balaban J connectivity index is 2.02. The summed E-state index contributed by atoms with van der Waals surface area (Å²) in [5.41, 5.74) is -1.01. The van der Waals surface area contributed by atoms with Crippen LogP contribution in [0.5, 0.6) is 0 Å². The zero-order valence-corrected chi connectivity index (χ0v) is 13.0. The molecule has 0 radical (unpaired) electrons. The highest BCUT2D eigenvalue weighted by atomic mass is 32.1. The van der Waals surface area contributed by atoms with Crippen molar-refractivity contribution in [3.8, 4) is 0 Å². The number of carbonyl (C=O) groups is 3. The maximum Gasteiger partial charge on any atom is 0.262 e. The second-order valence-corrected chi connectivity index (χ2v) is 6.40. The molecule has 0 spiro atoms. The average Bonchev–Trinajstić information content (AvgIpc) is 2.87. The van der Waals surface area contributed by atoms with Crippen LogP contribution in [-0.4, -0.2) is 47.8 Å². The highest BCUT2D eigenvalue weighted by molar-refractivity contribution is 7.12. The van der Waals surface area contributed by atoms with Crippen molar-refractivity contribution in [3.05, 3.63) is 22.4 Å². The zero-order valence-electron chi connectivity index (χ0n) is 12.1. The van der Waals surface area contributed by atoms with Gasteiger partial charge in [0.15, 0.2) is 0 Å². The normalized spacial score (nSPS) is 16.1. The summed E-state index contributed by atoms with van der Waals surface area (Å²) in [5.74, 6) is -0.484. The van der Waals surface area contributed by atoms with Crippen LogP contribution in [-0.2, 0) is 9.59 Å². The lowest BCUT2D eigenvalue weighted by atomic mass is 10.0. The molecule has 2 rings (SSSR count). The number of rotatable bonds is 3. The fourth-order valence-corrected chi connectivity index (χ4v) is 2.79. The summed E-state index contributed by atoms with van der Waals surface area (Å²) in [5, 5.41) is 7.30. The fourth-order valence-electron chi connectivity index (χ4n) is 2.17. The van der Waals surface area contributed by atoms with Crippen LogP contribution in [0, 0.1) is 0 Å². The van der Waals surface area contributed by atoms with Crippen molar-refractivity contribution in [3.63, 3.8) is 0 Å². The van der Waals surface area contributed by atoms with Gasteiger partial charge in [0.25, 0.3) is 5.91 Å². The van der Waals surface area contributed by atoms with E-state index in [9.17, 15) is 14.4 Å². The van der Waals surface area contributed by atoms with Crippen molar-refractivity contribution in [1.82, 2.24) is 15.5 Å². The number of hydrogen-bond acceptors (Lipinski definition) is 4. The number of nitrogens with one attached hydrogen (secondary N) is 2. The van der Waals surface area contributed by atoms with Crippen LogP contribution < -0.4 is 10.6 Å². The Morgan fingerprint density at radius 2 is 2.14 bits per heavy atom. The van der Waals surface area contributed by atoms with E-state index in [1.807, 2.05) is 5.38 Å².